The fourth-order valence-electron chi connectivity index (χ4n) is 3.91. The number of carbonyl (C=O) groups excluding carboxylic acids is 2. The van der Waals surface area contributed by atoms with Crippen LogP contribution in [0.5, 0.6) is 0 Å². The first kappa shape index (κ1) is 21.6. The number of para-hydroxylation sites is 1. The van der Waals surface area contributed by atoms with Gasteiger partial charge in [-0.05, 0) is 49.2 Å². The van der Waals surface area contributed by atoms with E-state index >= 15 is 0 Å². The first-order chi connectivity index (χ1) is 16.6. The highest BCUT2D eigenvalue weighted by atomic mass is 16.2. The molecule has 0 spiro atoms. The van der Waals surface area contributed by atoms with Crippen molar-refractivity contribution in [3.8, 4) is 16.9 Å². The van der Waals surface area contributed by atoms with Gasteiger partial charge in [0.1, 0.15) is 0 Å². The summed E-state index contributed by atoms with van der Waals surface area (Å²) in [6.45, 7) is 0.413. The summed E-state index contributed by atoms with van der Waals surface area (Å²) in [6, 6.07) is 27.0. The van der Waals surface area contributed by atoms with Crippen LogP contribution >= 0.6 is 0 Å². The van der Waals surface area contributed by atoms with Gasteiger partial charge in [0.25, 0.3) is 5.91 Å². The predicted octanol–water partition coefficient (Wildman–Crippen LogP) is 5.16. The summed E-state index contributed by atoms with van der Waals surface area (Å²) in [4.78, 5) is 26.8. The van der Waals surface area contributed by atoms with Gasteiger partial charge >= 0.3 is 0 Å². The second-order valence-corrected chi connectivity index (χ2v) is 8.65. The lowest BCUT2D eigenvalue weighted by Gasteiger charge is -2.17. The Hall–Kier alpha value is -4.19. The molecule has 3 aromatic carbocycles. The van der Waals surface area contributed by atoms with Crippen molar-refractivity contribution in [1.82, 2.24) is 14.7 Å². The van der Waals surface area contributed by atoms with Gasteiger partial charge in [-0.3, -0.25) is 9.59 Å². The van der Waals surface area contributed by atoms with Crippen LogP contribution in [0.3, 0.4) is 0 Å². The van der Waals surface area contributed by atoms with Crippen molar-refractivity contribution < 1.29 is 9.59 Å². The second-order valence-electron chi connectivity index (χ2n) is 8.65. The Bertz CT molecular complexity index is 1290. The molecule has 1 fully saturated rings. The standard InChI is InChI=1S/C28H26N4O2/c1-31(28(34)22-14-16-24(17-15-22)29-27(33)21-12-13-21)18-23-19-32(25-10-6-3-7-11-25)30-26(23)20-8-4-2-5-9-20/h2-11,14-17,19,21H,12-13,18H2,1H3,(H,29,33). The van der Waals surface area contributed by atoms with E-state index in [2.05, 4.69) is 5.32 Å². The lowest BCUT2D eigenvalue weighted by Crippen LogP contribution is -2.26. The lowest BCUT2D eigenvalue weighted by molar-refractivity contribution is -0.117. The Balaban J connectivity index is 1.36. The maximum atomic E-state index is 13.1. The SMILES string of the molecule is CN(Cc1cn(-c2ccccc2)nc1-c1ccccc1)C(=O)c1ccc(NC(=O)C2CC2)cc1. The Kier molecular flexibility index (Phi) is 5.95. The van der Waals surface area contributed by atoms with Crippen molar-refractivity contribution in [2.45, 2.75) is 19.4 Å². The van der Waals surface area contributed by atoms with Gasteiger partial charge in [-0.1, -0.05) is 48.5 Å². The number of hydrogen-bond acceptors (Lipinski definition) is 3. The highest BCUT2D eigenvalue weighted by molar-refractivity contribution is 5.96. The van der Waals surface area contributed by atoms with E-state index in [0.717, 1.165) is 35.3 Å². The molecule has 1 aliphatic carbocycles. The minimum Gasteiger partial charge on any atom is -0.337 e. The molecule has 34 heavy (non-hydrogen) atoms. The van der Waals surface area contributed by atoms with E-state index in [1.165, 1.54) is 0 Å². The average Bonchev–Trinajstić information content (AvgIpc) is 3.65. The Morgan fingerprint density at radius 1 is 0.941 bits per heavy atom. The summed E-state index contributed by atoms with van der Waals surface area (Å²) in [5.74, 6) is 0.106. The average molecular weight is 451 g/mol. The van der Waals surface area contributed by atoms with Crippen LogP contribution in [0, 0.1) is 5.92 Å². The zero-order chi connectivity index (χ0) is 23.5. The molecule has 1 N–H and O–H groups in total. The van der Waals surface area contributed by atoms with E-state index in [-0.39, 0.29) is 17.7 Å². The monoisotopic (exact) mass is 450 g/mol. The Morgan fingerprint density at radius 3 is 2.24 bits per heavy atom. The number of carbonyl (C=O) groups is 2. The van der Waals surface area contributed by atoms with E-state index in [0.29, 0.717) is 17.8 Å². The highest BCUT2D eigenvalue weighted by Crippen LogP contribution is 2.30. The van der Waals surface area contributed by atoms with Crippen LogP contribution in [0.4, 0.5) is 5.69 Å². The van der Waals surface area contributed by atoms with Crippen molar-refractivity contribution in [2.75, 3.05) is 12.4 Å². The quantitative estimate of drug-likeness (QED) is 0.423. The molecule has 0 aliphatic heterocycles. The second kappa shape index (κ2) is 9.35. The van der Waals surface area contributed by atoms with Crippen LogP contribution in [0.15, 0.2) is 91.1 Å². The zero-order valence-corrected chi connectivity index (χ0v) is 19.0. The van der Waals surface area contributed by atoms with Crippen LogP contribution in [0.25, 0.3) is 16.9 Å². The van der Waals surface area contributed by atoms with Crippen molar-refractivity contribution >= 4 is 17.5 Å². The normalized spacial score (nSPS) is 12.9. The number of amides is 2. The molecule has 170 valence electrons. The minimum atomic E-state index is -0.0912. The summed E-state index contributed by atoms with van der Waals surface area (Å²) in [6.07, 6.45) is 3.90. The number of nitrogens with zero attached hydrogens (tertiary/aromatic N) is 3. The summed E-state index contributed by atoms with van der Waals surface area (Å²) < 4.78 is 1.85. The van der Waals surface area contributed by atoms with Crippen molar-refractivity contribution in [3.63, 3.8) is 0 Å². The number of anilines is 1. The number of hydrogen-bond donors (Lipinski definition) is 1. The maximum absolute atomic E-state index is 13.1. The summed E-state index contributed by atoms with van der Waals surface area (Å²) >= 11 is 0. The fraction of sp³-hybridized carbons (Fsp3) is 0.179. The molecule has 4 aromatic rings. The van der Waals surface area contributed by atoms with Gasteiger partial charge in [-0.15, -0.1) is 0 Å². The Morgan fingerprint density at radius 2 is 1.59 bits per heavy atom. The molecule has 5 rings (SSSR count). The maximum Gasteiger partial charge on any atom is 0.253 e. The topological polar surface area (TPSA) is 67.2 Å². The largest absolute Gasteiger partial charge is 0.337 e. The first-order valence-corrected chi connectivity index (χ1v) is 11.4. The first-order valence-electron chi connectivity index (χ1n) is 11.4. The summed E-state index contributed by atoms with van der Waals surface area (Å²) in [7, 11) is 1.79. The lowest BCUT2D eigenvalue weighted by atomic mass is 10.1. The fourth-order valence-corrected chi connectivity index (χ4v) is 3.91. The predicted molar refractivity (Wildman–Crippen MR) is 133 cm³/mol. The molecule has 6 heteroatoms. The molecule has 2 amide bonds. The van der Waals surface area contributed by atoms with Crippen LogP contribution < -0.4 is 5.32 Å². The van der Waals surface area contributed by atoms with Crippen LogP contribution in [-0.4, -0.2) is 33.5 Å². The van der Waals surface area contributed by atoms with Crippen molar-refractivity contribution in [1.29, 1.82) is 0 Å². The molecule has 0 unspecified atom stereocenters. The van der Waals surface area contributed by atoms with Crippen LogP contribution in [-0.2, 0) is 11.3 Å². The molecular weight excluding hydrogens is 424 g/mol. The third-order valence-corrected chi connectivity index (χ3v) is 5.96. The molecule has 0 radical (unpaired) electrons. The van der Waals surface area contributed by atoms with Gasteiger partial charge in [0, 0.05) is 48.1 Å². The number of nitrogens with one attached hydrogen (secondary N) is 1. The molecule has 6 nitrogen and oxygen atoms in total. The molecule has 0 bridgehead atoms. The van der Waals surface area contributed by atoms with E-state index in [4.69, 9.17) is 5.10 Å². The van der Waals surface area contributed by atoms with Crippen LogP contribution in [0.1, 0.15) is 28.8 Å². The number of rotatable bonds is 7. The van der Waals surface area contributed by atoms with E-state index in [1.54, 1.807) is 36.2 Å². The van der Waals surface area contributed by atoms with Gasteiger partial charge in [0.15, 0.2) is 0 Å². The summed E-state index contributed by atoms with van der Waals surface area (Å²) in [5.41, 5.74) is 5.06. The van der Waals surface area contributed by atoms with E-state index < -0.39 is 0 Å². The van der Waals surface area contributed by atoms with Gasteiger partial charge in [0.2, 0.25) is 5.91 Å². The zero-order valence-electron chi connectivity index (χ0n) is 19.0. The smallest absolute Gasteiger partial charge is 0.253 e. The molecule has 1 aromatic heterocycles. The molecule has 1 aliphatic rings. The highest BCUT2D eigenvalue weighted by Gasteiger charge is 2.29. The van der Waals surface area contributed by atoms with Gasteiger partial charge < -0.3 is 10.2 Å². The van der Waals surface area contributed by atoms with Gasteiger partial charge in [-0.2, -0.15) is 5.10 Å². The third-order valence-electron chi connectivity index (χ3n) is 5.96. The van der Waals surface area contributed by atoms with E-state index in [9.17, 15) is 9.59 Å². The molecule has 0 atom stereocenters. The third kappa shape index (κ3) is 4.76. The van der Waals surface area contributed by atoms with Gasteiger partial charge in [0.05, 0.1) is 11.4 Å². The molecule has 1 saturated carbocycles. The number of aromatic nitrogens is 2. The molecule has 1 heterocycles. The minimum absolute atomic E-state index is 0.0556. The number of benzene rings is 3. The van der Waals surface area contributed by atoms with Crippen molar-refractivity contribution in [3.05, 3.63) is 102 Å². The van der Waals surface area contributed by atoms with Crippen molar-refractivity contribution in [2.24, 2.45) is 5.92 Å². The molecular formula is C28H26N4O2. The molecule has 0 saturated heterocycles. The van der Waals surface area contributed by atoms with Crippen LogP contribution in [0.2, 0.25) is 0 Å². The van der Waals surface area contributed by atoms with Gasteiger partial charge in [-0.25, -0.2) is 4.68 Å². The van der Waals surface area contributed by atoms with E-state index in [1.807, 2.05) is 71.5 Å². The Labute approximate surface area is 198 Å². The summed E-state index contributed by atoms with van der Waals surface area (Å²) in [5, 5.41) is 7.74.